The van der Waals surface area contributed by atoms with Crippen LogP contribution in [0.5, 0.6) is 0 Å². The summed E-state index contributed by atoms with van der Waals surface area (Å²) in [7, 11) is 0. The number of para-hydroxylation sites is 1. The van der Waals surface area contributed by atoms with Gasteiger partial charge in [-0.1, -0.05) is 36.4 Å². The lowest BCUT2D eigenvalue weighted by atomic mass is 10.1. The third kappa shape index (κ3) is 2.74. The van der Waals surface area contributed by atoms with E-state index in [-0.39, 0.29) is 11.6 Å². The number of anilines is 1. The van der Waals surface area contributed by atoms with Gasteiger partial charge in [0.05, 0.1) is 41.9 Å². The van der Waals surface area contributed by atoms with Crippen molar-refractivity contribution in [3.8, 4) is 0 Å². The van der Waals surface area contributed by atoms with Crippen molar-refractivity contribution < 1.29 is 4.74 Å². The van der Waals surface area contributed by atoms with Gasteiger partial charge in [-0.25, -0.2) is 0 Å². The van der Waals surface area contributed by atoms with Crippen molar-refractivity contribution in [1.29, 1.82) is 0 Å². The normalized spacial score (nSPS) is 26.7. The third-order valence-electron chi connectivity index (χ3n) is 7.57. The van der Waals surface area contributed by atoms with E-state index in [2.05, 4.69) is 53.4 Å². The molecule has 3 aliphatic rings. The minimum atomic E-state index is 0.122. The van der Waals surface area contributed by atoms with Gasteiger partial charge >= 0.3 is 0 Å². The summed E-state index contributed by atoms with van der Waals surface area (Å²) < 4.78 is 7.74. The highest BCUT2D eigenvalue weighted by Crippen LogP contribution is 2.50. The lowest BCUT2D eigenvalue weighted by molar-refractivity contribution is 0.0908. The number of rotatable bonds is 3. The second kappa shape index (κ2) is 6.91. The molecule has 5 nitrogen and oxygen atoms in total. The zero-order chi connectivity index (χ0) is 21.2. The van der Waals surface area contributed by atoms with Crippen molar-refractivity contribution in [2.24, 2.45) is 0 Å². The van der Waals surface area contributed by atoms with Gasteiger partial charge in [-0.2, -0.15) is 0 Å². The predicted molar refractivity (Wildman–Crippen MR) is 126 cm³/mol. The summed E-state index contributed by atoms with van der Waals surface area (Å²) in [4.78, 5) is 21.1. The first kappa shape index (κ1) is 18.4. The highest BCUT2D eigenvalue weighted by atomic mass is 16.5. The highest BCUT2D eigenvalue weighted by Gasteiger charge is 2.42. The van der Waals surface area contributed by atoms with E-state index in [0.717, 1.165) is 65.5 Å². The van der Waals surface area contributed by atoms with Gasteiger partial charge in [-0.05, 0) is 48.9 Å². The summed E-state index contributed by atoms with van der Waals surface area (Å²) in [6, 6.07) is 21.8. The fourth-order valence-electron chi connectivity index (χ4n) is 5.88. The van der Waals surface area contributed by atoms with Gasteiger partial charge in [-0.15, -0.1) is 0 Å². The second-order valence-electron chi connectivity index (χ2n) is 9.44. The first-order chi connectivity index (χ1) is 15.8. The summed E-state index contributed by atoms with van der Waals surface area (Å²) in [6.07, 6.45) is 5.22. The molecule has 3 fully saturated rings. The van der Waals surface area contributed by atoms with Crippen molar-refractivity contribution in [2.75, 3.05) is 18.1 Å². The van der Waals surface area contributed by atoms with Gasteiger partial charge in [0.1, 0.15) is 0 Å². The first-order valence-corrected chi connectivity index (χ1v) is 11.6. The number of ether oxygens (including phenoxy) is 1. The molecule has 0 amide bonds. The Balaban J connectivity index is 1.29. The topological polar surface area (TPSA) is 47.4 Å². The number of pyridine rings is 2. The zero-order valence-electron chi connectivity index (χ0n) is 17.9. The first-order valence-electron chi connectivity index (χ1n) is 11.6. The van der Waals surface area contributed by atoms with E-state index in [0.29, 0.717) is 18.0 Å². The Bertz CT molecular complexity index is 1400. The van der Waals surface area contributed by atoms with Gasteiger partial charge in [0.2, 0.25) is 0 Å². The van der Waals surface area contributed by atoms with Crippen LogP contribution in [0.15, 0.2) is 71.7 Å². The van der Waals surface area contributed by atoms with Crippen LogP contribution in [0, 0.1) is 0 Å². The molecule has 4 aromatic rings. The fraction of sp³-hybridized carbons (Fsp3) is 0.333. The minimum absolute atomic E-state index is 0.122. The Labute approximate surface area is 186 Å². The van der Waals surface area contributed by atoms with E-state index in [1.54, 1.807) is 0 Å². The summed E-state index contributed by atoms with van der Waals surface area (Å²) >= 11 is 0. The van der Waals surface area contributed by atoms with Crippen LogP contribution in [0.3, 0.4) is 0 Å². The Morgan fingerprint density at radius 3 is 2.56 bits per heavy atom. The summed E-state index contributed by atoms with van der Waals surface area (Å²) in [6.45, 7) is 1.51. The molecule has 0 unspecified atom stereocenters. The molecule has 0 radical (unpaired) electrons. The Kier molecular flexibility index (Phi) is 3.97. The molecule has 5 heteroatoms. The summed E-state index contributed by atoms with van der Waals surface area (Å²) in [5.74, 6) is 0.293. The molecule has 7 rings (SSSR count). The molecule has 2 saturated heterocycles. The van der Waals surface area contributed by atoms with Crippen molar-refractivity contribution in [3.63, 3.8) is 0 Å². The Hall–Kier alpha value is -3.18. The maximum atomic E-state index is 13.8. The number of morpholine rings is 1. The maximum absolute atomic E-state index is 13.8. The molecule has 0 N–H and O–H groups in total. The molecule has 2 aromatic heterocycles. The lowest BCUT2D eigenvalue weighted by Crippen LogP contribution is -2.46. The average Bonchev–Trinajstić information content (AvgIpc) is 3.58. The molecular weight excluding hydrogens is 398 g/mol. The van der Waals surface area contributed by atoms with Crippen molar-refractivity contribution in [3.05, 3.63) is 82.9 Å². The van der Waals surface area contributed by atoms with Crippen LogP contribution < -0.4 is 10.5 Å². The van der Waals surface area contributed by atoms with Crippen LogP contribution in [0.1, 0.15) is 36.9 Å². The predicted octanol–water partition coefficient (Wildman–Crippen LogP) is 4.65. The molecule has 4 atom stereocenters. The number of benzene rings is 2. The molecule has 160 valence electrons. The van der Waals surface area contributed by atoms with E-state index < -0.39 is 0 Å². The molecule has 2 aromatic carbocycles. The molecule has 32 heavy (non-hydrogen) atoms. The van der Waals surface area contributed by atoms with Crippen molar-refractivity contribution in [2.45, 2.75) is 43.3 Å². The van der Waals surface area contributed by atoms with Crippen molar-refractivity contribution >= 4 is 27.4 Å². The monoisotopic (exact) mass is 423 g/mol. The average molecular weight is 424 g/mol. The molecule has 1 saturated carbocycles. The SMILES string of the molecule is O=c1c2c(N3[C@@H]4CC[C@H]3COC4)cccc2ccn1[C@@H]1C[C@H]1c1ccc2ccccc2n1. The van der Waals surface area contributed by atoms with Gasteiger partial charge in [0.25, 0.3) is 5.56 Å². The fourth-order valence-corrected chi connectivity index (χ4v) is 5.88. The van der Waals surface area contributed by atoms with E-state index in [1.807, 2.05) is 22.9 Å². The number of fused-ring (bicyclic) bond motifs is 4. The Morgan fingerprint density at radius 2 is 1.69 bits per heavy atom. The van der Waals surface area contributed by atoms with Crippen LogP contribution in [-0.2, 0) is 4.74 Å². The van der Waals surface area contributed by atoms with Gasteiger partial charge in [-0.3, -0.25) is 9.78 Å². The number of nitrogens with zero attached hydrogens (tertiary/aromatic N) is 3. The molecule has 1 aliphatic carbocycles. The smallest absolute Gasteiger partial charge is 0.260 e. The van der Waals surface area contributed by atoms with Crippen LogP contribution >= 0.6 is 0 Å². The standard InChI is InChI=1S/C27H25N3O2/c31-27-26-18(5-3-7-24(26)30-19-9-10-20(30)16-32-15-19)12-13-29(27)25-14-21(25)23-11-8-17-4-1-2-6-22(17)28-23/h1-8,11-13,19-21,25H,9-10,14-16H2/t19-,20+,21-,25+/m0/s1. The van der Waals surface area contributed by atoms with E-state index in [9.17, 15) is 4.79 Å². The minimum Gasteiger partial charge on any atom is -0.377 e. The third-order valence-corrected chi connectivity index (χ3v) is 7.57. The van der Waals surface area contributed by atoms with E-state index >= 15 is 0 Å². The second-order valence-corrected chi connectivity index (χ2v) is 9.44. The van der Waals surface area contributed by atoms with Gasteiger partial charge < -0.3 is 14.2 Å². The van der Waals surface area contributed by atoms with Gasteiger partial charge in [0, 0.05) is 29.2 Å². The molecular formula is C27H25N3O2. The summed E-state index contributed by atoms with van der Waals surface area (Å²) in [5.41, 5.74) is 3.31. The largest absolute Gasteiger partial charge is 0.377 e. The van der Waals surface area contributed by atoms with Crippen LogP contribution in [0.25, 0.3) is 21.7 Å². The number of aromatic nitrogens is 2. The van der Waals surface area contributed by atoms with E-state index in [1.165, 1.54) is 0 Å². The Morgan fingerprint density at radius 1 is 0.875 bits per heavy atom. The number of hydrogen-bond donors (Lipinski definition) is 0. The highest BCUT2D eigenvalue weighted by molar-refractivity contribution is 5.94. The molecule has 2 bridgehead atoms. The summed E-state index contributed by atoms with van der Waals surface area (Å²) in [5, 5.41) is 3.03. The van der Waals surface area contributed by atoms with E-state index in [4.69, 9.17) is 9.72 Å². The maximum Gasteiger partial charge on any atom is 0.260 e. The van der Waals surface area contributed by atoms with Gasteiger partial charge in [0.15, 0.2) is 0 Å². The molecule has 0 spiro atoms. The number of hydrogen-bond acceptors (Lipinski definition) is 4. The van der Waals surface area contributed by atoms with Crippen LogP contribution in [-0.4, -0.2) is 34.8 Å². The quantitative estimate of drug-likeness (QED) is 0.481. The lowest BCUT2D eigenvalue weighted by Gasteiger charge is -2.37. The molecule has 2 aliphatic heterocycles. The van der Waals surface area contributed by atoms with Crippen LogP contribution in [0.4, 0.5) is 5.69 Å². The van der Waals surface area contributed by atoms with Crippen molar-refractivity contribution in [1.82, 2.24) is 9.55 Å². The van der Waals surface area contributed by atoms with Crippen LogP contribution in [0.2, 0.25) is 0 Å². The zero-order valence-corrected chi connectivity index (χ0v) is 17.9. The molecule has 4 heterocycles.